The molecule has 0 heterocycles. The molecule has 20 heavy (non-hydrogen) atoms. The lowest BCUT2D eigenvalue weighted by atomic mass is 10.1. The van der Waals surface area contributed by atoms with Gasteiger partial charge in [0.25, 0.3) is 5.91 Å². The minimum Gasteiger partial charge on any atom is -0.384 e. The van der Waals surface area contributed by atoms with Gasteiger partial charge >= 0.3 is 0 Å². The van der Waals surface area contributed by atoms with Crippen LogP contribution in [0.1, 0.15) is 21.5 Å². The Balaban J connectivity index is 2.16. The number of aryl methyl sites for hydroxylation is 1. The molecule has 1 amide bonds. The maximum absolute atomic E-state index is 12.1. The maximum Gasteiger partial charge on any atom is 0.255 e. The second-order valence-corrected chi connectivity index (χ2v) is 4.31. The van der Waals surface area contributed by atoms with Gasteiger partial charge in [0, 0.05) is 16.8 Å². The smallest absolute Gasteiger partial charge is 0.255 e. The van der Waals surface area contributed by atoms with Crippen molar-refractivity contribution in [2.24, 2.45) is 0 Å². The van der Waals surface area contributed by atoms with Gasteiger partial charge in [0.15, 0.2) is 0 Å². The number of amides is 1. The van der Waals surface area contributed by atoms with Gasteiger partial charge in [-0.2, -0.15) is 0 Å². The molecule has 2 N–H and O–H groups in total. The number of aliphatic hydroxyl groups excluding tert-OH is 1. The van der Waals surface area contributed by atoms with Crippen molar-refractivity contribution in [3.8, 4) is 11.8 Å². The van der Waals surface area contributed by atoms with Crippen LogP contribution < -0.4 is 5.32 Å². The molecule has 3 heteroatoms. The quantitative estimate of drug-likeness (QED) is 0.820. The molecule has 0 fully saturated rings. The molecular formula is C17H15NO2. The Morgan fingerprint density at radius 1 is 1.20 bits per heavy atom. The fourth-order valence-electron chi connectivity index (χ4n) is 1.81. The minimum absolute atomic E-state index is 0.136. The summed E-state index contributed by atoms with van der Waals surface area (Å²) >= 11 is 0. The van der Waals surface area contributed by atoms with Crippen LogP contribution in [0.15, 0.2) is 48.5 Å². The van der Waals surface area contributed by atoms with Crippen molar-refractivity contribution in [3.63, 3.8) is 0 Å². The van der Waals surface area contributed by atoms with Crippen LogP contribution in [0.25, 0.3) is 0 Å². The molecule has 0 radical (unpaired) electrons. The fraction of sp³-hybridized carbons (Fsp3) is 0.118. The van der Waals surface area contributed by atoms with Gasteiger partial charge in [0.2, 0.25) is 0 Å². The summed E-state index contributed by atoms with van der Waals surface area (Å²) in [5.74, 6) is 5.29. The van der Waals surface area contributed by atoms with Crippen molar-refractivity contribution in [2.75, 3.05) is 11.9 Å². The summed E-state index contributed by atoms with van der Waals surface area (Å²) in [6.45, 7) is 1.75. The number of anilines is 1. The largest absolute Gasteiger partial charge is 0.384 e. The molecular weight excluding hydrogens is 250 g/mol. The topological polar surface area (TPSA) is 49.3 Å². The average molecular weight is 265 g/mol. The number of benzene rings is 2. The molecule has 0 unspecified atom stereocenters. The molecule has 0 bridgehead atoms. The summed E-state index contributed by atoms with van der Waals surface area (Å²) in [7, 11) is 0. The van der Waals surface area contributed by atoms with Crippen LogP contribution in [-0.4, -0.2) is 17.6 Å². The zero-order valence-electron chi connectivity index (χ0n) is 11.2. The van der Waals surface area contributed by atoms with Gasteiger partial charge in [-0.15, -0.1) is 0 Å². The van der Waals surface area contributed by atoms with Gasteiger partial charge in [0.05, 0.1) is 0 Å². The van der Waals surface area contributed by atoms with Gasteiger partial charge in [-0.25, -0.2) is 0 Å². The number of hydrogen-bond donors (Lipinski definition) is 2. The third-order valence-corrected chi connectivity index (χ3v) is 2.82. The molecule has 3 nitrogen and oxygen atoms in total. The lowest BCUT2D eigenvalue weighted by molar-refractivity contribution is 0.102. The zero-order chi connectivity index (χ0) is 14.4. The van der Waals surface area contributed by atoms with E-state index in [1.807, 2.05) is 43.3 Å². The van der Waals surface area contributed by atoms with Crippen molar-refractivity contribution in [3.05, 3.63) is 65.2 Å². The van der Waals surface area contributed by atoms with E-state index in [-0.39, 0.29) is 12.5 Å². The molecule has 0 aliphatic heterocycles. The molecule has 0 atom stereocenters. The van der Waals surface area contributed by atoms with Crippen LogP contribution in [0.2, 0.25) is 0 Å². The lowest BCUT2D eigenvalue weighted by Crippen LogP contribution is -2.12. The van der Waals surface area contributed by atoms with Crippen molar-refractivity contribution in [2.45, 2.75) is 6.92 Å². The van der Waals surface area contributed by atoms with Crippen LogP contribution in [0.4, 0.5) is 5.69 Å². The van der Waals surface area contributed by atoms with E-state index in [1.54, 1.807) is 12.1 Å². The normalized spacial score (nSPS) is 9.50. The van der Waals surface area contributed by atoms with Crippen LogP contribution in [0.3, 0.4) is 0 Å². The molecule has 0 aromatic heterocycles. The number of carbonyl (C=O) groups excluding carboxylic acids is 1. The van der Waals surface area contributed by atoms with E-state index in [0.717, 1.165) is 16.8 Å². The monoisotopic (exact) mass is 265 g/mol. The standard InChI is InChI=1S/C17H15NO2/c1-13-12-14(6-5-11-19)9-10-16(13)18-17(20)15-7-3-2-4-8-15/h2-4,7-10,12,19H,11H2,1H3,(H,18,20). The Bertz CT molecular complexity index is 666. The molecule has 2 rings (SSSR count). The highest BCUT2D eigenvalue weighted by atomic mass is 16.2. The first-order chi connectivity index (χ1) is 9.70. The Hall–Kier alpha value is -2.57. The Morgan fingerprint density at radius 2 is 1.95 bits per heavy atom. The average Bonchev–Trinajstić information content (AvgIpc) is 2.48. The molecule has 2 aromatic rings. The highest BCUT2D eigenvalue weighted by molar-refractivity contribution is 6.04. The molecule has 0 aliphatic carbocycles. The first-order valence-electron chi connectivity index (χ1n) is 6.27. The van der Waals surface area contributed by atoms with E-state index < -0.39 is 0 Å². The van der Waals surface area contributed by atoms with Crippen LogP contribution >= 0.6 is 0 Å². The van der Waals surface area contributed by atoms with E-state index in [4.69, 9.17) is 5.11 Å². The van der Waals surface area contributed by atoms with Crippen LogP contribution in [0, 0.1) is 18.8 Å². The summed E-state index contributed by atoms with van der Waals surface area (Å²) in [6.07, 6.45) is 0. The first-order valence-corrected chi connectivity index (χ1v) is 6.27. The molecule has 0 spiro atoms. The van der Waals surface area contributed by atoms with E-state index in [1.165, 1.54) is 0 Å². The number of rotatable bonds is 2. The molecule has 0 saturated heterocycles. The Labute approximate surface area is 118 Å². The second-order valence-electron chi connectivity index (χ2n) is 4.31. The van der Waals surface area contributed by atoms with Gasteiger partial charge in [0.1, 0.15) is 6.61 Å². The Morgan fingerprint density at radius 3 is 2.60 bits per heavy atom. The Kier molecular flexibility index (Phi) is 4.54. The molecule has 0 aliphatic rings. The van der Waals surface area contributed by atoms with Gasteiger partial charge < -0.3 is 10.4 Å². The SMILES string of the molecule is Cc1cc(C#CCO)ccc1NC(=O)c1ccccc1. The number of hydrogen-bond acceptors (Lipinski definition) is 2. The minimum atomic E-state index is -0.161. The summed E-state index contributed by atoms with van der Waals surface area (Å²) in [4.78, 5) is 12.1. The summed E-state index contributed by atoms with van der Waals surface area (Å²) in [5.41, 5.74) is 3.12. The number of carbonyl (C=O) groups is 1. The second kappa shape index (κ2) is 6.55. The van der Waals surface area contributed by atoms with Crippen molar-refractivity contribution in [1.82, 2.24) is 0 Å². The lowest BCUT2D eigenvalue weighted by Gasteiger charge is -2.08. The zero-order valence-corrected chi connectivity index (χ0v) is 11.2. The highest BCUT2D eigenvalue weighted by Crippen LogP contribution is 2.17. The van der Waals surface area contributed by atoms with E-state index in [9.17, 15) is 4.79 Å². The number of aliphatic hydroxyl groups is 1. The van der Waals surface area contributed by atoms with E-state index in [2.05, 4.69) is 17.2 Å². The van der Waals surface area contributed by atoms with Crippen molar-refractivity contribution < 1.29 is 9.90 Å². The summed E-state index contributed by atoms with van der Waals surface area (Å²) < 4.78 is 0. The third-order valence-electron chi connectivity index (χ3n) is 2.82. The van der Waals surface area contributed by atoms with Crippen LogP contribution in [-0.2, 0) is 0 Å². The first kappa shape index (κ1) is 13.9. The van der Waals surface area contributed by atoms with Crippen LogP contribution in [0.5, 0.6) is 0 Å². The predicted molar refractivity (Wildman–Crippen MR) is 79.5 cm³/mol. The fourth-order valence-corrected chi connectivity index (χ4v) is 1.81. The predicted octanol–water partition coefficient (Wildman–Crippen LogP) is 2.59. The molecule has 100 valence electrons. The van der Waals surface area contributed by atoms with Crippen molar-refractivity contribution in [1.29, 1.82) is 0 Å². The molecule has 0 saturated carbocycles. The van der Waals surface area contributed by atoms with E-state index in [0.29, 0.717) is 5.56 Å². The van der Waals surface area contributed by atoms with Gasteiger partial charge in [-0.3, -0.25) is 4.79 Å². The number of nitrogens with one attached hydrogen (secondary N) is 1. The maximum atomic E-state index is 12.1. The van der Waals surface area contributed by atoms with E-state index >= 15 is 0 Å². The summed E-state index contributed by atoms with van der Waals surface area (Å²) in [5, 5.41) is 11.5. The van der Waals surface area contributed by atoms with Gasteiger partial charge in [-0.1, -0.05) is 30.0 Å². The highest BCUT2D eigenvalue weighted by Gasteiger charge is 2.06. The van der Waals surface area contributed by atoms with Gasteiger partial charge in [-0.05, 0) is 42.8 Å². The summed E-state index contributed by atoms with van der Waals surface area (Å²) in [6, 6.07) is 14.6. The third kappa shape index (κ3) is 3.47. The molecule has 2 aromatic carbocycles. The van der Waals surface area contributed by atoms with Crippen molar-refractivity contribution >= 4 is 11.6 Å².